The van der Waals surface area contributed by atoms with Crippen LogP contribution in [0.1, 0.15) is 22.9 Å². The molecule has 0 saturated heterocycles. The highest BCUT2D eigenvalue weighted by atomic mass is 16.5. The number of benzene rings is 8. The molecule has 1 N–H and O–H groups in total. The minimum absolute atomic E-state index is 0.266. The quantitative estimate of drug-likeness (QED) is 0.200. The van der Waals surface area contributed by atoms with Crippen LogP contribution in [0.4, 0.5) is 0 Å². The second-order valence-electron chi connectivity index (χ2n) is 13.8. The molecule has 1 unspecified atom stereocenters. The molecule has 8 aromatic carbocycles. The van der Waals surface area contributed by atoms with E-state index in [1.54, 1.807) is 0 Å². The largest absolute Gasteiger partial charge is 0.454 e. The molecule has 11 rings (SSSR count). The molecule has 0 spiro atoms. The molecule has 5 heteroatoms. The van der Waals surface area contributed by atoms with Crippen LogP contribution in [0.2, 0.25) is 0 Å². The standard InChI is InChI=1S/C49H32N4O/c1-3-14-32(15-4-1)47-50-48(33-16-5-2-6-17-33)52-49(51-47)34-23-26-35(27-24-34)53-42-30-25-31-13-7-8-18-36(31)44(42)41-29-28-40-38-20-10-9-19-37(38)39-21-11-12-22-43(39)54-46(40)45(41)53/h1-30,47H,(H,50,51,52). The molecule has 0 bridgehead atoms. The molecule has 2 aliphatic rings. The van der Waals surface area contributed by atoms with Gasteiger partial charge in [0.25, 0.3) is 0 Å². The topological polar surface area (TPSA) is 50.9 Å². The zero-order valence-electron chi connectivity index (χ0n) is 29.1. The number of aromatic nitrogens is 1. The number of fused-ring (bicyclic) bond motifs is 11. The third kappa shape index (κ3) is 4.79. The van der Waals surface area contributed by atoms with E-state index in [-0.39, 0.29) is 6.17 Å². The van der Waals surface area contributed by atoms with Crippen LogP contribution in [0.5, 0.6) is 11.5 Å². The number of nitrogens with zero attached hydrogens (tertiary/aromatic N) is 3. The van der Waals surface area contributed by atoms with Gasteiger partial charge >= 0.3 is 0 Å². The Balaban J connectivity index is 1.12. The van der Waals surface area contributed by atoms with Crippen LogP contribution in [-0.4, -0.2) is 16.2 Å². The van der Waals surface area contributed by atoms with E-state index in [2.05, 4.69) is 149 Å². The first-order valence-corrected chi connectivity index (χ1v) is 18.3. The summed E-state index contributed by atoms with van der Waals surface area (Å²) in [5, 5.41) is 8.39. The number of hydrogen-bond acceptors (Lipinski definition) is 4. The lowest BCUT2D eigenvalue weighted by Crippen LogP contribution is -2.33. The van der Waals surface area contributed by atoms with Crippen LogP contribution < -0.4 is 10.1 Å². The molecule has 254 valence electrons. The van der Waals surface area contributed by atoms with Gasteiger partial charge in [0.15, 0.2) is 11.6 Å². The number of hydrogen-bond donors (Lipinski definition) is 1. The van der Waals surface area contributed by atoms with Gasteiger partial charge in [-0.05, 0) is 69.9 Å². The summed E-state index contributed by atoms with van der Waals surface area (Å²) in [5.74, 6) is 3.18. The van der Waals surface area contributed by atoms with Crippen molar-refractivity contribution in [3.8, 4) is 39.4 Å². The fourth-order valence-electron chi connectivity index (χ4n) is 8.16. The highest BCUT2D eigenvalue weighted by Gasteiger charge is 2.27. The van der Waals surface area contributed by atoms with E-state index < -0.39 is 0 Å². The molecule has 0 fully saturated rings. The normalized spacial score (nSPS) is 14.6. The molecule has 0 aliphatic carbocycles. The average Bonchev–Trinajstić information content (AvgIpc) is 3.52. The molecule has 2 aliphatic heterocycles. The number of para-hydroxylation sites is 1. The Morgan fingerprint density at radius 3 is 2.02 bits per heavy atom. The minimum Gasteiger partial charge on any atom is -0.454 e. The fourth-order valence-corrected chi connectivity index (χ4v) is 8.16. The summed E-state index contributed by atoms with van der Waals surface area (Å²) in [5.41, 5.74) is 10.7. The Morgan fingerprint density at radius 2 is 1.20 bits per heavy atom. The van der Waals surface area contributed by atoms with Crippen molar-refractivity contribution in [3.63, 3.8) is 0 Å². The summed E-state index contributed by atoms with van der Waals surface area (Å²) in [4.78, 5) is 10.1. The summed E-state index contributed by atoms with van der Waals surface area (Å²) >= 11 is 0. The van der Waals surface area contributed by atoms with E-state index in [4.69, 9.17) is 14.7 Å². The SMILES string of the molecule is c1ccc(C2=NC(c3ccccc3)NC(c3ccc(-n4c5ccc6ccccc6c5c5ccc6c(c54)Oc4ccccc4-c4ccccc4-6)cc3)=N2)cc1. The smallest absolute Gasteiger partial charge is 0.159 e. The molecule has 1 atom stereocenters. The molecule has 5 nitrogen and oxygen atoms in total. The van der Waals surface area contributed by atoms with Crippen molar-refractivity contribution in [2.75, 3.05) is 0 Å². The summed E-state index contributed by atoms with van der Waals surface area (Å²) in [6.45, 7) is 0. The monoisotopic (exact) mass is 692 g/mol. The lowest BCUT2D eigenvalue weighted by molar-refractivity contribution is 0.491. The predicted octanol–water partition coefficient (Wildman–Crippen LogP) is 11.9. The Labute approximate surface area is 312 Å². The molecule has 0 saturated carbocycles. The van der Waals surface area contributed by atoms with E-state index in [9.17, 15) is 0 Å². The van der Waals surface area contributed by atoms with Gasteiger partial charge in [0, 0.05) is 38.7 Å². The van der Waals surface area contributed by atoms with Gasteiger partial charge < -0.3 is 14.6 Å². The van der Waals surface area contributed by atoms with Gasteiger partial charge in [-0.3, -0.25) is 0 Å². The van der Waals surface area contributed by atoms with Crippen molar-refractivity contribution < 1.29 is 4.74 Å². The van der Waals surface area contributed by atoms with Crippen LogP contribution in [-0.2, 0) is 0 Å². The van der Waals surface area contributed by atoms with E-state index >= 15 is 0 Å². The van der Waals surface area contributed by atoms with E-state index in [1.807, 2.05) is 42.5 Å². The van der Waals surface area contributed by atoms with Gasteiger partial charge in [0.05, 0.1) is 11.0 Å². The maximum Gasteiger partial charge on any atom is 0.159 e. The lowest BCUT2D eigenvalue weighted by atomic mass is 9.94. The van der Waals surface area contributed by atoms with Crippen LogP contribution >= 0.6 is 0 Å². The van der Waals surface area contributed by atoms with Crippen LogP contribution in [0, 0.1) is 0 Å². The number of aliphatic imine (C=N–C) groups is 2. The van der Waals surface area contributed by atoms with Crippen LogP contribution in [0.25, 0.3) is 60.5 Å². The second-order valence-corrected chi connectivity index (χ2v) is 13.8. The summed E-state index contributed by atoms with van der Waals surface area (Å²) < 4.78 is 9.44. The number of nitrogens with one attached hydrogen (secondary N) is 1. The van der Waals surface area contributed by atoms with Crippen molar-refractivity contribution in [2.45, 2.75) is 6.17 Å². The van der Waals surface area contributed by atoms with Gasteiger partial charge in [-0.25, -0.2) is 9.98 Å². The maximum atomic E-state index is 7.07. The van der Waals surface area contributed by atoms with Gasteiger partial charge in [-0.2, -0.15) is 0 Å². The van der Waals surface area contributed by atoms with Crippen LogP contribution in [0.15, 0.2) is 192 Å². The van der Waals surface area contributed by atoms with E-state index in [1.165, 1.54) is 16.2 Å². The lowest BCUT2D eigenvalue weighted by Gasteiger charge is -2.23. The molecule has 3 heterocycles. The highest BCUT2D eigenvalue weighted by molar-refractivity contribution is 6.23. The van der Waals surface area contributed by atoms with E-state index in [0.717, 1.165) is 78.4 Å². The van der Waals surface area contributed by atoms with Crippen molar-refractivity contribution in [1.29, 1.82) is 0 Å². The first kappa shape index (κ1) is 30.4. The van der Waals surface area contributed by atoms with Gasteiger partial charge in [-0.15, -0.1) is 0 Å². The van der Waals surface area contributed by atoms with Crippen LogP contribution in [0.3, 0.4) is 0 Å². The average molecular weight is 693 g/mol. The summed E-state index contributed by atoms with van der Waals surface area (Å²) in [6, 6.07) is 63.8. The first-order valence-electron chi connectivity index (χ1n) is 18.3. The summed E-state index contributed by atoms with van der Waals surface area (Å²) in [6.07, 6.45) is -0.266. The molecular weight excluding hydrogens is 661 g/mol. The number of ether oxygens (including phenoxy) is 1. The first-order chi connectivity index (χ1) is 26.8. The minimum atomic E-state index is -0.266. The fraction of sp³-hybridized carbons (Fsp3) is 0.0204. The molecule has 0 amide bonds. The predicted molar refractivity (Wildman–Crippen MR) is 221 cm³/mol. The van der Waals surface area contributed by atoms with Crippen molar-refractivity contribution in [3.05, 3.63) is 199 Å². The second kappa shape index (κ2) is 12.2. The number of amidine groups is 2. The highest BCUT2D eigenvalue weighted by Crippen LogP contribution is 2.51. The molecule has 1 aromatic heterocycles. The van der Waals surface area contributed by atoms with Crippen molar-refractivity contribution >= 4 is 44.2 Å². The number of rotatable bonds is 4. The third-order valence-electron chi connectivity index (χ3n) is 10.7. The van der Waals surface area contributed by atoms with Gasteiger partial charge in [-0.1, -0.05) is 140 Å². The Morgan fingerprint density at radius 1 is 0.519 bits per heavy atom. The van der Waals surface area contributed by atoms with Crippen molar-refractivity contribution in [1.82, 2.24) is 9.88 Å². The Hall–Kier alpha value is -7.24. The van der Waals surface area contributed by atoms with Crippen molar-refractivity contribution in [2.24, 2.45) is 9.98 Å². The van der Waals surface area contributed by atoms with E-state index in [0.29, 0.717) is 5.84 Å². The zero-order chi connectivity index (χ0) is 35.6. The molecule has 54 heavy (non-hydrogen) atoms. The molecule has 9 aromatic rings. The Bertz CT molecular complexity index is 2980. The Kier molecular flexibility index (Phi) is 6.85. The molecular formula is C49H32N4O. The zero-order valence-corrected chi connectivity index (χ0v) is 29.1. The van der Waals surface area contributed by atoms with Gasteiger partial charge in [0.2, 0.25) is 0 Å². The summed E-state index contributed by atoms with van der Waals surface area (Å²) in [7, 11) is 0. The van der Waals surface area contributed by atoms with Gasteiger partial charge in [0.1, 0.15) is 17.8 Å². The molecule has 0 radical (unpaired) electrons. The maximum absolute atomic E-state index is 7.07. The third-order valence-corrected chi connectivity index (χ3v) is 10.7.